The zero-order valence-corrected chi connectivity index (χ0v) is 10.4. The summed E-state index contributed by atoms with van der Waals surface area (Å²) in [6.45, 7) is 4.54. The molecule has 0 aromatic carbocycles. The van der Waals surface area contributed by atoms with Crippen molar-refractivity contribution in [2.24, 2.45) is 5.92 Å². The molecule has 0 aliphatic carbocycles. The Morgan fingerprint density at radius 3 is 2.29 bits per heavy atom. The van der Waals surface area contributed by atoms with Crippen LogP contribution >= 0.6 is 0 Å². The molecule has 0 saturated carbocycles. The lowest BCUT2D eigenvalue weighted by Gasteiger charge is -2.19. The van der Waals surface area contributed by atoms with E-state index >= 15 is 0 Å². The summed E-state index contributed by atoms with van der Waals surface area (Å²) in [4.78, 5) is 11.3. The van der Waals surface area contributed by atoms with Gasteiger partial charge in [-0.2, -0.15) is 13.2 Å². The number of ether oxygens (including phenoxy) is 1. The molecule has 100 valence electrons. The van der Waals surface area contributed by atoms with Gasteiger partial charge in [0.25, 0.3) is 0 Å². The summed E-state index contributed by atoms with van der Waals surface area (Å²) in [5.41, 5.74) is -0.683. The molecule has 0 amide bonds. The standard InChI is InChI=1S/C11H18F3NO2/c1-7(2)9(10(16)17-4)15-6-5-8(3)11(12,13)14/h5,7,9,15H,6H2,1-4H3. The Kier molecular flexibility index (Phi) is 6.23. The van der Waals surface area contributed by atoms with E-state index in [-0.39, 0.29) is 12.5 Å². The van der Waals surface area contributed by atoms with E-state index < -0.39 is 23.8 Å². The van der Waals surface area contributed by atoms with Crippen LogP contribution in [0.4, 0.5) is 13.2 Å². The molecule has 0 saturated heterocycles. The van der Waals surface area contributed by atoms with Crippen LogP contribution in [-0.4, -0.2) is 31.8 Å². The first-order valence-electron chi connectivity index (χ1n) is 5.25. The molecule has 0 spiro atoms. The maximum absolute atomic E-state index is 12.2. The van der Waals surface area contributed by atoms with Gasteiger partial charge >= 0.3 is 12.1 Å². The first-order chi connectivity index (χ1) is 7.70. The van der Waals surface area contributed by atoms with Crippen molar-refractivity contribution < 1.29 is 22.7 Å². The first kappa shape index (κ1) is 16.0. The monoisotopic (exact) mass is 253 g/mol. The van der Waals surface area contributed by atoms with Crippen LogP contribution in [0.3, 0.4) is 0 Å². The van der Waals surface area contributed by atoms with Gasteiger partial charge in [-0.3, -0.25) is 4.79 Å². The van der Waals surface area contributed by atoms with Gasteiger partial charge in [-0.25, -0.2) is 0 Å². The van der Waals surface area contributed by atoms with Gasteiger partial charge in [0, 0.05) is 12.1 Å². The molecular weight excluding hydrogens is 235 g/mol. The van der Waals surface area contributed by atoms with Crippen molar-refractivity contribution in [3.8, 4) is 0 Å². The lowest BCUT2D eigenvalue weighted by molar-refractivity contribution is -0.144. The summed E-state index contributed by atoms with van der Waals surface area (Å²) in [6, 6.07) is -0.600. The van der Waals surface area contributed by atoms with Crippen LogP contribution in [0.2, 0.25) is 0 Å². The Morgan fingerprint density at radius 1 is 1.41 bits per heavy atom. The van der Waals surface area contributed by atoms with E-state index in [1.54, 1.807) is 13.8 Å². The third-order valence-corrected chi connectivity index (χ3v) is 2.31. The van der Waals surface area contributed by atoms with Gasteiger partial charge in [-0.1, -0.05) is 19.9 Å². The normalized spacial score (nSPS) is 14.9. The van der Waals surface area contributed by atoms with Crippen molar-refractivity contribution in [1.82, 2.24) is 5.32 Å². The van der Waals surface area contributed by atoms with Crippen LogP contribution in [0.5, 0.6) is 0 Å². The smallest absolute Gasteiger partial charge is 0.412 e. The van der Waals surface area contributed by atoms with E-state index in [1.807, 2.05) is 0 Å². The minimum atomic E-state index is -4.32. The molecule has 6 heteroatoms. The van der Waals surface area contributed by atoms with Crippen molar-refractivity contribution in [3.05, 3.63) is 11.6 Å². The second-order valence-electron chi connectivity index (χ2n) is 4.04. The zero-order chi connectivity index (χ0) is 13.6. The molecule has 0 rings (SSSR count). The minimum Gasteiger partial charge on any atom is -0.468 e. The third kappa shape index (κ3) is 5.72. The Balaban J connectivity index is 4.39. The molecule has 0 radical (unpaired) electrons. The maximum Gasteiger partial charge on any atom is 0.412 e. The fourth-order valence-electron chi connectivity index (χ4n) is 1.17. The van der Waals surface area contributed by atoms with Crippen LogP contribution < -0.4 is 5.32 Å². The molecule has 3 nitrogen and oxygen atoms in total. The Bertz CT molecular complexity index is 285. The van der Waals surface area contributed by atoms with Crippen molar-refractivity contribution >= 4 is 5.97 Å². The van der Waals surface area contributed by atoms with Crippen LogP contribution in [0.25, 0.3) is 0 Å². The molecular formula is C11H18F3NO2. The highest BCUT2D eigenvalue weighted by Gasteiger charge is 2.29. The summed E-state index contributed by atoms with van der Waals surface area (Å²) in [6.07, 6.45) is -3.31. The summed E-state index contributed by atoms with van der Waals surface area (Å²) in [5, 5.41) is 2.72. The number of rotatable bonds is 5. The van der Waals surface area contributed by atoms with Gasteiger partial charge < -0.3 is 10.1 Å². The quantitative estimate of drug-likeness (QED) is 0.603. The van der Waals surface area contributed by atoms with Crippen LogP contribution in [0.1, 0.15) is 20.8 Å². The molecule has 1 N–H and O–H groups in total. The second-order valence-corrected chi connectivity index (χ2v) is 4.04. The van der Waals surface area contributed by atoms with Gasteiger partial charge in [-0.05, 0) is 12.8 Å². The van der Waals surface area contributed by atoms with Crippen LogP contribution in [0, 0.1) is 5.92 Å². The highest BCUT2D eigenvalue weighted by atomic mass is 19.4. The van der Waals surface area contributed by atoms with Gasteiger partial charge in [0.15, 0.2) is 0 Å². The highest BCUT2D eigenvalue weighted by molar-refractivity contribution is 5.75. The molecule has 17 heavy (non-hydrogen) atoms. The Morgan fingerprint density at radius 2 is 1.94 bits per heavy atom. The highest BCUT2D eigenvalue weighted by Crippen LogP contribution is 2.24. The van der Waals surface area contributed by atoms with Crippen molar-refractivity contribution in [3.63, 3.8) is 0 Å². The average molecular weight is 253 g/mol. The largest absolute Gasteiger partial charge is 0.468 e. The molecule has 0 heterocycles. The Labute approximate surface area is 99.0 Å². The lowest BCUT2D eigenvalue weighted by Crippen LogP contribution is -2.41. The van der Waals surface area contributed by atoms with Gasteiger partial charge in [0.05, 0.1) is 7.11 Å². The fraction of sp³-hybridized carbons (Fsp3) is 0.727. The summed E-state index contributed by atoms with van der Waals surface area (Å²) in [7, 11) is 1.25. The molecule has 0 aromatic heterocycles. The summed E-state index contributed by atoms with van der Waals surface area (Å²) in [5.74, 6) is -0.528. The molecule has 0 bridgehead atoms. The van der Waals surface area contributed by atoms with Crippen LogP contribution in [0.15, 0.2) is 11.6 Å². The van der Waals surface area contributed by atoms with E-state index in [1.165, 1.54) is 7.11 Å². The first-order valence-corrected chi connectivity index (χ1v) is 5.25. The molecule has 0 aromatic rings. The fourth-order valence-corrected chi connectivity index (χ4v) is 1.17. The molecule has 0 aliphatic rings. The number of methoxy groups -OCH3 is 1. The number of hydrogen-bond donors (Lipinski definition) is 1. The number of alkyl halides is 3. The van der Waals surface area contributed by atoms with Crippen LogP contribution in [-0.2, 0) is 9.53 Å². The Hall–Kier alpha value is -1.04. The average Bonchev–Trinajstić information content (AvgIpc) is 2.21. The van der Waals surface area contributed by atoms with E-state index in [0.717, 1.165) is 13.0 Å². The minimum absolute atomic E-state index is 0.0245. The molecule has 0 aliphatic heterocycles. The number of allylic oxidation sites excluding steroid dienone is 1. The topological polar surface area (TPSA) is 38.3 Å². The number of hydrogen-bond acceptors (Lipinski definition) is 3. The predicted molar refractivity (Wildman–Crippen MR) is 58.5 cm³/mol. The second kappa shape index (κ2) is 6.64. The maximum atomic E-state index is 12.2. The van der Waals surface area contributed by atoms with Crippen molar-refractivity contribution in [1.29, 1.82) is 0 Å². The summed E-state index contributed by atoms with van der Waals surface area (Å²) < 4.78 is 41.1. The molecule has 0 fully saturated rings. The van der Waals surface area contributed by atoms with Gasteiger partial charge in [0.2, 0.25) is 0 Å². The van der Waals surface area contributed by atoms with E-state index in [0.29, 0.717) is 0 Å². The molecule has 1 unspecified atom stereocenters. The van der Waals surface area contributed by atoms with E-state index in [4.69, 9.17) is 0 Å². The van der Waals surface area contributed by atoms with Gasteiger partial charge in [0.1, 0.15) is 6.04 Å². The summed E-state index contributed by atoms with van der Waals surface area (Å²) >= 11 is 0. The lowest BCUT2D eigenvalue weighted by atomic mass is 10.0. The van der Waals surface area contributed by atoms with E-state index in [2.05, 4.69) is 10.1 Å². The number of carbonyl (C=O) groups is 1. The number of halogens is 3. The van der Waals surface area contributed by atoms with Gasteiger partial charge in [-0.15, -0.1) is 0 Å². The SMILES string of the molecule is COC(=O)C(NCC=C(C)C(F)(F)F)C(C)C. The third-order valence-electron chi connectivity index (χ3n) is 2.31. The predicted octanol–water partition coefficient (Wildman–Crippen LogP) is 2.28. The van der Waals surface area contributed by atoms with Crippen molar-refractivity contribution in [2.75, 3.05) is 13.7 Å². The molecule has 1 atom stereocenters. The van der Waals surface area contributed by atoms with Crippen molar-refractivity contribution in [2.45, 2.75) is 33.0 Å². The number of carbonyl (C=O) groups excluding carboxylic acids is 1. The number of esters is 1. The number of nitrogens with one attached hydrogen (secondary N) is 1. The zero-order valence-electron chi connectivity index (χ0n) is 10.4. The van der Waals surface area contributed by atoms with E-state index in [9.17, 15) is 18.0 Å².